The maximum absolute atomic E-state index is 12.6. The average molecular weight is 465 g/mol. The second-order valence-corrected chi connectivity index (χ2v) is 6.27. The molecule has 0 atom stereocenters. The topological polar surface area (TPSA) is 61.4 Å². The fourth-order valence-corrected chi connectivity index (χ4v) is 2.53. The molecular formula is C23H22BF2FeNO3. The van der Waals surface area contributed by atoms with Crippen LogP contribution in [0.1, 0.15) is 25.3 Å². The van der Waals surface area contributed by atoms with E-state index in [9.17, 15) is 18.5 Å². The molecule has 4 nitrogen and oxygen atoms in total. The fourth-order valence-electron chi connectivity index (χ4n) is 2.53. The van der Waals surface area contributed by atoms with E-state index in [1.165, 1.54) is 24.3 Å². The van der Waals surface area contributed by atoms with E-state index in [1.54, 1.807) is 6.08 Å². The molecule has 2 aromatic carbocycles. The van der Waals surface area contributed by atoms with Crippen LogP contribution >= 0.6 is 0 Å². The zero-order valence-electron chi connectivity index (χ0n) is 16.9. The van der Waals surface area contributed by atoms with Gasteiger partial charge in [0.15, 0.2) is 0 Å². The maximum Gasteiger partial charge on any atom is 2.00 e. The van der Waals surface area contributed by atoms with Crippen LogP contribution in [0.4, 0.5) is 14.3 Å². The van der Waals surface area contributed by atoms with Gasteiger partial charge in [0.2, 0.25) is 5.91 Å². The van der Waals surface area contributed by atoms with Crippen LogP contribution in [-0.2, 0) is 21.9 Å². The Morgan fingerprint density at radius 3 is 2.45 bits per heavy atom. The number of benzene rings is 1. The molecule has 1 aliphatic rings. The largest absolute Gasteiger partial charge is 2.00 e. The van der Waals surface area contributed by atoms with Gasteiger partial charge in [0.1, 0.15) is 5.75 Å². The van der Waals surface area contributed by atoms with Crippen LogP contribution in [0, 0.1) is 0 Å². The molecule has 8 heteroatoms. The molecule has 0 radical (unpaired) electrons. The smallest absolute Gasteiger partial charge is 0.872 e. The number of carbonyl (C=O) groups is 1. The molecule has 1 amide bonds. The first-order valence-corrected chi connectivity index (χ1v) is 9.49. The zero-order valence-corrected chi connectivity index (χ0v) is 18.0. The van der Waals surface area contributed by atoms with E-state index >= 15 is 0 Å². The van der Waals surface area contributed by atoms with Crippen molar-refractivity contribution >= 4 is 24.8 Å². The van der Waals surface area contributed by atoms with Crippen LogP contribution in [0.5, 0.6) is 5.75 Å². The maximum atomic E-state index is 12.6. The van der Waals surface area contributed by atoms with Crippen molar-refractivity contribution < 1.29 is 40.3 Å². The Morgan fingerprint density at radius 1 is 1.23 bits per heavy atom. The van der Waals surface area contributed by atoms with Gasteiger partial charge in [0, 0.05) is 17.7 Å². The standard InChI is InChI=1S/C18H18BF2NO3.C5H5.Fe/c1-2-5-18(24)22-14-9-11-17(25-19(20)21)15(12-14)16(23)10-8-13-6-3-4-7-13;1-2-4-5-3-1;/h3-4,6-12,23H,2,5H2,1H3,(H,22,24);1-5H;/q;-1;+2/p-1. The first kappa shape index (κ1) is 26.1. The number of anilines is 1. The minimum absolute atomic E-state index is 0. The van der Waals surface area contributed by atoms with Gasteiger partial charge in [-0.3, -0.25) is 4.79 Å². The van der Waals surface area contributed by atoms with E-state index in [-0.39, 0.29) is 34.3 Å². The number of carbonyl (C=O) groups excluding carboxylic acids is 1. The minimum Gasteiger partial charge on any atom is -0.872 e. The second-order valence-electron chi connectivity index (χ2n) is 6.27. The molecule has 0 unspecified atom stereocenters. The Kier molecular flexibility index (Phi) is 11.9. The summed E-state index contributed by atoms with van der Waals surface area (Å²) in [4.78, 5) is 11.7. The van der Waals surface area contributed by atoms with Crippen LogP contribution in [-0.4, -0.2) is 13.4 Å². The van der Waals surface area contributed by atoms with E-state index in [2.05, 4.69) is 9.97 Å². The first-order valence-electron chi connectivity index (χ1n) is 9.49. The van der Waals surface area contributed by atoms with Gasteiger partial charge in [0.05, 0.1) is 0 Å². The molecule has 0 heterocycles. The quantitative estimate of drug-likeness (QED) is 0.360. The van der Waals surface area contributed by atoms with Gasteiger partial charge in [-0.2, -0.15) is 18.2 Å². The molecule has 0 saturated heterocycles. The molecule has 0 aliphatic heterocycles. The third-order valence-corrected chi connectivity index (χ3v) is 3.89. The van der Waals surface area contributed by atoms with Crippen molar-refractivity contribution in [2.45, 2.75) is 19.8 Å². The number of hydrogen-bond acceptors (Lipinski definition) is 3. The summed E-state index contributed by atoms with van der Waals surface area (Å²) in [6, 6.07) is 14.0. The Labute approximate surface area is 192 Å². The number of allylic oxidation sites excluding steroid dienone is 7. The van der Waals surface area contributed by atoms with Crippen molar-refractivity contribution in [1.82, 2.24) is 0 Å². The summed E-state index contributed by atoms with van der Waals surface area (Å²) in [5, 5.41) is 15.0. The van der Waals surface area contributed by atoms with E-state index < -0.39 is 13.2 Å². The van der Waals surface area contributed by atoms with Crippen molar-refractivity contribution in [2.24, 2.45) is 0 Å². The van der Waals surface area contributed by atoms with Crippen LogP contribution in [0.15, 0.2) is 90.6 Å². The molecule has 0 bridgehead atoms. The van der Waals surface area contributed by atoms with Crippen LogP contribution < -0.4 is 15.1 Å². The van der Waals surface area contributed by atoms with Gasteiger partial charge in [0.25, 0.3) is 0 Å². The number of hydrogen-bond donors (Lipinski definition) is 1. The Hall–Kier alpha value is -2.96. The second kappa shape index (κ2) is 14.1. The number of nitrogens with one attached hydrogen (secondary N) is 1. The molecule has 2 aromatic rings. The summed E-state index contributed by atoms with van der Waals surface area (Å²) in [6.07, 6.45) is 11.1. The predicted molar refractivity (Wildman–Crippen MR) is 115 cm³/mol. The predicted octanol–water partition coefficient (Wildman–Crippen LogP) is 4.88. The SMILES string of the molecule is CCCC(=O)Nc1ccc(OB(F)F)c(C([O-])=CC=C2C=CC=C2)c1.[Fe+2].c1cc[cH-]c1. The molecule has 1 aliphatic carbocycles. The molecular weight excluding hydrogens is 443 g/mol. The van der Waals surface area contributed by atoms with Crippen molar-refractivity contribution in [1.29, 1.82) is 0 Å². The Balaban J connectivity index is 0.000000701. The molecule has 3 rings (SSSR count). The van der Waals surface area contributed by atoms with Crippen LogP contribution in [0.3, 0.4) is 0 Å². The molecule has 0 fully saturated rings. The van der Waals surface area contributed by atoms with Gasteiger partial charge < -0.3 is 15.1 Å². The summed E-state index contributed by atoms with van der Waals surface area (Å²) < 4.78 is 29.5. The third-order valence-electron chi connectivity index (χ3n) is 3.89. The van der Waals surface area contributed by atoms with Crippen molar-refractivity contribution in [2.75, 3.05) is 5.32 Å². The van der Waals surface area contributed by atoms with Crippen molar-refractivity contribution in [3.63, 3.8) is 0 Å². The summed E-state index contributed by atoms with van der Waals surface area (Å²) >= 11 is 0. The molecule has 0 spiro atoms. The summed E-state index contributed by atoms with van der Waals surface area (Å²) in [6.45, 7) is 1.86. The number of halogens is 2. The zero-order chi connectivity index (χ0) is 21.8. The van der Waals surface area contributed by atoms with Gasteiger partial charge in [-0.25, -0.2) is 20.8 Å². The van der Waals surface area contributed by atoms with E-state index in [0.29, 0.717) is 18.5 Å². The van der Waals surface area contributed by atoms with E-state index in [1.807, 2.05) is 61.6 Å². The fraction of sp³-hybridized carbons (Fsp3) is 0.130. The van der Waals surface area contributed by atoms with Crippen LogP contribution in [0.25, 0.3) is 5.76 Å². The van der Waals surface area contributed by atoms with E-state index in [4.69, 9.17) is 0 Å². The Morgan fingerprint density at radius 2 is 1.90 bits per heavy atom. The van der Waals surface area contributed by atoms with Gasteiger partial charge in [-0.05, 0) is 30.2 Å². The average Bonchev–Trinajstić information content (AvgIpc) is 3.44. The summed E-state index contributed by atoms with van der Waals surface area (Å²) in [7, 11) is -3.05. The van der Waals surface area contributed by atoms with Crippen LogP contribution in [0.2, 0.25) is 0 Å². The molecule has 0 aromatic heterocycles. The van der Waals surface area contributed by atoms with Gasteiger partial charge >= 0.3 is 24.5 Å². The van der Waals surface area contributed by atoms with E-state index in [0.717, 1.165) is 5.57 Å². The summed E-state index contributed by atoms with van der Waals surface area (Å²) in [5.74, 6) is -0.945. The Bertz CT molecular complexity index is 907. The minimum atomic E-state index is -3.05. The normalized spacial score (nSPS) is 11.8. The first-order chi connectivity index (χ1) is 14.5. The van der Waals surface area contributed by atoms with Crippen molar-refractivity contribution in [3.05, 3.63) is 96.1 Å². The number of amides is 1. The molecule has 162 valence electrons. The molecule has 1 N–H and O–H groups in total. The third kappa shape index (κ3) is 9.60. The molecule has 0 saturated carbocycles. The van der Waals surface area contributed by atoms with Gasteiger partial charge in [-0.15, -0.1) is 0 Å². The van der Waals surface area contributed by atoms with Gasteiger partial charge in [-0.1, -0.05) is 49.1 Å². The monoisotopic (exact) mass is 465 g/mol. The number of rotatable bonds is 7. The van der Waals surface area contributed by atoms with Crippen molar-refractivity contribution in [3.8, 4) is 5.75 Å². The summed E-state index contributed by atoms with van der Waals surface area (Å²) in [5.41, 5.74) is 1.12. The molecule has 31 heavy (non-hydrogen) atoms.